The third kappa shape index (κ3) is 4.89. The predicted molar refractivity (Wildman–Crippen MR) is 76.4 cm³/mol. The van der Waals surface area contributed by atoms with Crippen LogP contribution in [0.4, 0.5) is 0 Å². The van der Waals surface area contributed by atoms with Crippen molar-refractivity contribution in [1.82, 2.24) is 5.32 Å². The summed E-state index contributed by atoms with van der Waals surface area (Å²) in [6.45, 7) is 8.12. The minimum absolute atomic E-state index is 0.126. The van der Waals surface area contributed by atoms with E-state index in [0.717, 1.165) is 17.7 Å². The van der Waals surface area contributed by atoms with Crippen LogP contribution in [-0.2, 0) is 11.3 Å². The van der Waals surface area contributed by atoms with Crippen LogP contribution >= 0.6 is 0 Å². The Kier molecular flexibility index (Phi) is 5.79. The highest BCUT2D eigenvalue weighted by Gasteiger charge is 2.17. The van der Waals surface area contributed by atoms with Gasteiger partial charge in [0, 0.05) is 25.3 Å². The van der Waals surface area contributed by atoms with Gasteiger partial charge in [0.15, 0.2) is 5.84 Å². The average molecular weight is 265 g/mol. The third-order valence-electron chi connectivity index (χ3n) is 2.80. The molecule has 0 saturated heterocycles. The molecule has 4 N–H and O–H groups in total. The molecule has 0 amide bonds. The highest BCUT2D eigenvalue weighted by atomic mass is 16.5. The average Bonchev–Trinajstić information content (AvgIpc) is 2.38. The highest BCUT2D eigenvalue weighted by Crippen LogP contribution is 2.10. The van der Waals surface area contributed by atoms with Crippen molar-refractivity contribution >= 4 is 5.84 Å². The maximum Gasteiger partial charge on any atom is 0.170 e. The zero-order valence-electron chi connectivity index (χ0n) is 11.8. The number of amidine groups is 1. The first-order valence-corrected chi connectivity index (χ1v) is 6.40. The lowest BCUT2D eigenvalue weighted by atomic mass is 10.1. The van der Waals surface area contributed by atoms with Crippen molar-refractivity contribution in [2.75, 3.05) is 13.2 Å². The Labute approximate surface area is 114 Å². The highest BCUT2D eigenvalue weighted by molar-refractivity contribution is 5.98. The minimum atomic E-state index is -0.208. The monoisotopic (exact) mass is 265 g/mol. The van der Waals surface area contributed by atoms with Crippen molar-refractivity contribution in [3.63, 3.8) is 0 Å². The first-order valence-electron chi connectivity index (χ1n) is 6.40. The second-order valence-electron chi connectivity index (χ2n) is 4.94. The maximum atomic E-state index is 8.76. The van der Waals surface area contributed by atoms with E-state index in [1.54, 1.807) is 0 Å². The van der Waals surface area contributed by atoms with E-state index in [2.05, 4.69) is 10.5 Å². The van der Waals surface area contributed by atoms with E-state index >= 15 is 0 Å². The van der Waals surface area contributed by atoms with Gasteiger partial charge in [-0.05, 0) is 26.3 Å². The van der Waals surface area contributed by atoms with Crippen LogP contribution in [0.5, 0.6) is 0 Å². The van der Waals surface area contributed by atoms with Gasteiger partial charge in [-0.1, -0.05) is 29.4 Å². The van der Waals surface area contributed by atoms with Crippen molar-refractivity contribution in [2.24, 2.45) is 10.9 Å². The molecule has 0 fully saturated rings. The molecule has 0 aromatic heterocycles. The molecule has 1 aromatic carbocycles. The molecule has 0 bridgehead atoms. The molecule has 0 aliphatic carbocycles. The van der Waals surface area contributed by atoms with Crippen molar-refractivity contribution in [3.05, 3.63) is 35.4 Å². The topological polar surface area (TPSA) is 79.9 Å². The summed E-state index contributed by atoms with van der Waals surface area (Å²) in [6, 6.07) is 7.58. The van der Waals surface area contributed by atoms with Gasteiger partial charge in [0.05, 0.1) is 5.60 Å². The van der Waals surface area contributed by atoms with Gasteiger partial charge in [-0.3, -0.25) is 0 Å². The van der Waals surface area contributed by atoms with E-state index in [4.69, 9.17) is 15.7 Å². The summed E-state index contributed by atoms with van der Waals surface area (Å²) in [7, 11) is 0. The molecular weight excluding hydrogens is 242 g/mol. The second kappa shape index (κ2) is 7.11. The summed E-state index contributed by atoms with van der Waals surface area (Å²) in [5, 5.41) is 15.1. The Balaban J connectivity index is 2.64. The van der Waals surface area contributed by atoms with E-state index < -0.39 is 0 Å². The number of benzene rings is 1. The van der Waals surface area contributed by atoms with Gasteiger partial charge in [0.1, 0.15) is 0 Å². The van der Waals surface area contributed by atoms with E-state index in [1.165, 1.54) is 0 Å². The van der Waals surface area contributed by atoms with Gasteiger partial charge >= 0.3 is 0 Å². The number of oxime groups is 1. The first-order chi connectivity index (χ1) is 9.00. The summed E-state index contributed by atoms with van der Waals surface area (Å²) >= 11 is 0. The zero-order valence-corrected chi connectivity index (χ0v) is 11.8. The smallest absolute Gasteiger partial charge is 0.170 e. The van der Waals surface area contributed by atoms with Gasteiger partial charge in [-0.25, -0.2) is 0 Å². The Hall–Kier alpha value is -1.59. The van der Waals surface area contributed by atoms with Crippen LogP contribution in [0.15, 0.2) is 29.4 Å². The lowest BCUT2D eigenvalue weighted by Gasteiger charge is -2.25. The molecule has 5 nitrogen and oxygen atoms in total. The molecular formula is C14H23N3O2. The number of nitrogens with one attached hydrogen (secondary N) is 1. The van der Waals surface area contributed by atoms with Crippen LogP contribution in [0, 0.1) is 0 Å². The van der Waals surface area contributed by atoms with Crippen LogP contribution in [0.2, 0.25) is 0 Å². The predicted octanol–water partition coefficient (Wildman–Crippen LogP) is 1.69. The molecule has 0 aliphatic heterocycles. The summed E-state index contributed by atoms with van der Waals surface area (Å²) in [5.74, 6) is 0.126. The number of nitrogens with two attached hydrogens (primary N) is 1. The van der Waals surface area contributed by atoms with Crippen molar-refractivity contribution in [1.29, 1.82) is 0 Å². The summed E-state index contributed by atoms with van der Waals surface area (Å²) in [4.78, 5) is 0. The quantitative estimate of drug-likeness (QED) is 0.303. The molecule has 0 radical (unpaired) electrons. The molecule has 5 heteroatoms. The fourth-order valence-electron chi connectivity index (χ4n) is 1.92. The van der Waals surface area contributed by atoms with E-state index in [0.29, 0.717) is 13.2 Å². The Bertz CT molecular complexity index is 430. The fourth-order valence-corrected chi connectivity index (χ4v) is 1.92. The Morgan fingerprint density at radius 3 is 2.74 bits per heavy atom. The number of nitrogens with zero attached hydrogens (tertiary/aromatic N) is 1. The molecule has 106 valence electrons. The number of hydrogen-bond donors (Lipinski definition) is 3. The molecule has 0 unspecified atom stereocenters. The molecule has 0 saturated carbocycles. The minimum Gasteiger partial charge on any atom is -0.409 e. The van der Waals surface area contributed by atoms with Gasteiger partial charge in [0.2, 0.25) is 0 Å². The molecule has 0 heterocycles. The summed E-state index contributed by atoms with van der Waals surface area (Å²) < 4.78 is 5.62. The molecule has 0 spiro atoms. The number of rotatable bonds is 7. The molecule has 1 aromatic rings. The number of ether oxygens (including phenoxy) is 1. The maximum absolute atomic E-state index is 8.76. The molecule has 1 rings (SSSR count). The van der Waals surface area contributed by atoms with Crippen LogP contribution in [0.1, 0.15) is 31.9 Å². The zero-order chi connectivity index (χ0) is 14.3. The fraction of sp³-hybridized carbons (Fsp3) is 0.500. The van der Waals surface area contributed by atoms with Gasteiger partial charge in [-0.15, -0.1) is 0 Å². The SMILES string of the molecule is CCOC(C)(C)CNCc1ccccc1/C(N)=N/O. The van der Waals surface area contributed by atoms with Crippen molar-refractivity contribution < 1.29 is 9.94 Å². The standard InChI is InChI=1S/C14H23N3O2/c1-4-19-14(2,3)10-16-9-11-7-5-6-8-12(11)13(15)17-18/h5-8,16,18H,4,9-10H2,1-3H3,(H2,15,17). The van der Waals surface area contributed by atoms with Crippen LogP contribution in [0.3, 0.4) is 0 Å². The van der Waals surface area contributed by atoms with Gasteiger partial charge < -0.3 is 21.0 Å². The normalized spacial score (nSPS) is 12.7. The van der Waals surface area contributed by atoms with E-state index in [-0.39, 0.29) is 11.4 Å². The van der Waals surface area contributed by atoms with Crippen LogP contribution < -0.4 is 11.1 Å². The molecule has 0 aliphatic rings. The summed E-state index contributed by atoms with van der Waals surface area (Å²) in [6.07, 6.45) is 0. The third-order valence-corrected chi connectivity index (χ3v) is 2.80. The lowest BCUT2D eigenvalue weighted by molar-refractivity contribution is -0.00897. The second-order valence-corrected chi connectivity index (χ2v) is 4.94. The number of hydrogen-bond acceptors (Lipinski definition) is 4. The largest absolute Gasteiger partial charge is 0.409 e. The summed E-state index contributed by atoms with van der Waals surface area (Å²) in [5.41, 5.74) is 7.17. The lowest BCUT2D eigenvalue weighted by Crippen LogP contribution is -2.37. The Morgan fingerprint density at radius 1 is 1.42 bits per heavy atom. The van der Waals surface area contributed by atoms with E-state index in [9.17, 15) is 0 Å². The Morgan fingerprint density at radius 2 is 2.11 bits per heavy atom. The first kappa shape index (κ1) is 15.5. The molecule has 0 atom stereocenters. The molecule has 19 heavy (non-hydrogen) atoms. The van der Waals surface area contributed by atoms with Crippen LogP contribution in [0.25, 0.3) is 0 Å². The van der Waals surface area contributed by atoms with E-state index in [1.807, 2.05) is 45.0 Å². The van der Waals surface area contributed by atoms with Crippen molar-refractivity contribution in [3.8, 4) is 0 Å². The van der Waals surface area contributed by atoms with Gasteiger partial charge in [0.25, 0.3) is 0 Å². The van der Waals surface area contributed by atoms with Crippen LogP contribution in [-0.4, -0.2) is 29.8 Å². The van der Waals surface area contributed by atoms with Gasteiger partial charge in [-0.2, -0.15) is 0 Å². The van der Waals surface area contributed by atoms with Crippen molar-refractivity contribution in [2.45, 2.75) is 32.9 Å².